The molecule has 0 radical (unpaired) electrons. The van der Waals surface area contributed by atoms with Crippen LogP contribution in [0.3, 0.4) is 0 Å². The lowest BCUT2D eigenvalue weighted by Crippen LogP contribution is -2.56. The van der Waals surface area contributed by atoms with Gasteiger partial charge in [0, 0.05) is 45.3 Å². The van der Waals surface area contributed by atoms with Crippen LogP contribution in [0, 0.1) is 6.92 Å². The number of hydrogen-bond acceptors (Lipinski definition) is 5. The standard InChI is InChI=1S/C14H21N5O3/c1-11-9-12(16-22-11)15-13(20)10-17-5-7-19(8-6-17)14(21)18-3-2-4-18/h9H,2-8,10H2,1H3,(H,15,16,20). The largest absolute Gasteiger partial charge is 0.360 e. The number of urea groups is 1. The molecule has 2 aliphatic heterocycles. The Hall–Kier alpha value is -2.09. The van der Waals surface area contributed by atoms with Gasteiger partial charge in [-0.2, -0.15) is 0 Å². The number of rotatable bonds is 3. The fraction of sp³-hybridized carbons (Fsp3) is 0.643. The van der Waals surface area contributed by atoms with Crippen LogP contribution in [0.25, 0.3) is 0 Å². The van der Waals surface area contributed by atoms with Crippen molar-refractivity contribution in [3.05, 3.63) is 11.8 Å². The van der Waals surface area contributed by atoms with E-state index in [2.05, 4.69) is 10.5 Å². The lowest BCUT2D eigenvalue weighted by atomic mass is 10.2. The molecule has 0 aromatic carbocycles. The minimum absolute atomic E-state index is 0.115. The van der Waals surface area contributed by atoms with Crippen LogP contribution in [0.5, 0.6) is 0 Å². The van der Waals surface area contributed by atoms with Gasteiger partial charge in [-0.15, -0.1) is 0 Å². The summed E-state index contributed by atoms with van der Waals surface area (Å²) in [6.07, 6.45) is 1.10. The average molecular weight is 307 g/mol. The van der Waals surface area contributed by atoms with Crippen molar-refractivity contribution in [2.45, 2.75) is 13.3 Å². The summed E-state index contributed by atoms with van der Waals surface area (Å²) in [4.78, 5) is 29.8. The van der Waals surface area contributed by atoms with Crippen LogP contribution < -0.4 is 5.32 Å². The number of piperazine rings is 1. The van der Waals surface area contributed by atoms with E-state index in [-0.39, 0.29) is 11.9 Å². The molecule has 8 heteroatoms. The summed E-state index contributed by atoms with van der Waals surface area (Å²) in [6.45, 7) is 6.60. The van der Waals surface area contributed by atoms with Crippen LogP contribution in [0.15, 0.2) is 10.6 Å². The van der Waals surface area contributed by atoms with E-state index >= 15 is 0 Å². The third-order valence-corrected chi connectivity index (χ3v) is 4.03. The molecule has 2 saturated heterocycles. The predicted octanol–water partition coefficient (Wildman–Crippen LogP) is 0.365. The molecule has 2 aliphatic rings. The zero-order valence-corrected chi connectivity index (χ0v) is 12.7. The second-order valence-corrected chi connectivity index (χ2v) is 5.76. The second-order valence-electron chi connectivity index (χ2n) is 5.76. The Labute approximate surface area is 129 Å². The molecule has 0 aliphatic carbocycles. The minimum Gasteiger partial charge on any atom is -0.360 e. The van der Waals surface area contributed by atoms with Crippen LogP contribution >= 0.6 is 0 Å². The lowest BCUT2D eigenvalue weighted by Gasteiger charge is -2.40. The van der Waals surface area contributed by atoms with E-state index in [0.29, 0.717) is 44.3 Å². The smallest absolute Gasteiger partial charge is 0.320 e. The number of carbonyl (C=O) groups is 2. The van der Waals surface area contributed by atoms with E-state index in [4.69, 9.17) is 4.52 Å². The number of aromatic nitrogens is 1. The van der Waals surface area contributed by atoms with Gasteiger partial charge in [-0.1, -0.05) is 5.16 Å². The molecule has 2 fully saturated rings. The van der Waals surface area contributed by atoms with Gasteiger partial charge in [0.05, 0.1) is 6.54 Å². The van der Waals surface area contributed by atoms with E-state index in [0.717, 1.165) is 19.5 Å². The summed E-state index contributed by atoms with van der Waals surface area (Å²) < 4.78 is 4.91. The van der Waals surface area contributed by atoms with Crippen LogP contribution in [0.2, 0.25) is 0 Å². The molecule has 0 bridgehead atoms. The number of anilines is 1. The zero-order chi connectivity index (χ0) is 15.5. The number of amides is 3. The summed E-state index contributed by atoms with van der Waals surface area (Å²) in [5.74, 6) is 0.985. The fourth-order valence-corrected chi connectivity index (χ4v) is 2.62. The quantitative estimate of drug-likeness (QED) is 0.872. The average Bonchev–Trinajstić information content (AvgIpc) is 2.82. The van der Waals surface area contributed by atoms with E-state index in [1.807, 2.05) is 14.7 Å². The molecular formula is C14H21N5O3. The van der Waals surface area contributed by atoms with Crippen molar-refractivity contribution in [3.63, 3.8) is 0 Å². The van der Waals surface area contributed by atoms with Crippen molar-refractivity contribution in [2.75, 3.05) is 51.1 Å². The summed E-state index contributed by atoms with van der Waals surface area (Å²) in [6, 6.07) is 1.81. The van der Waals surface area contributed by atoms with Gasteiger partial charge in [0.25, 0.3) is 0 Å². The van der Waals surface area contributed by atoms with Gasteiger partial charge in [0.15, 0.2) is 5.82 Å². The van der Waals surface area contributed by atoms with E-state index < -0.39 is 0 Å². The molecule has 120 valence electrons. The van der Waals surface area contributed by atoms with Crippen molar-refractivity contribution < 1.29 is 14.1 Å². The summed E-state index contributed by atoms with van der Waals surface area (Å²) in [5, 5.41) is 6.44. The van der Waals surface area contributed by atoms with Crippen LogP contribution in [-0.2, 0) is 4.79 Å². The number of likely N-dealkylation sites (tertiary alicyclic amines) is 1. The maximum absolute atomic E-state index is 12.1. The van der Waals surface area contributed by atoms with Crippen molar-refractivity contribution in [3.8, 4) is 0 Å². The molecule has 3 amide bonds. The third-order valence-electron chi connectivity index (χ3n) is 4.03. The molecule has 1 N–H and O–H groups in total. The molecule has 1 aromatic rings. The first kappa shape index (κ1) is 14.8. The first-order valence-electron chi connectivity index (χ1n) is 7.61. The predicted molar refractivity (Wildman–Crippen MR) is 79.5 cm³/mol. The van der Waals surface area contributed by atoms with Crippen LogP contribution in [-0.4, -0.2) is 77.6 Å². The van der Waals surface area contributed by atoms with Gasteiger partial charge in [-0.25, -0.2) is 4.79 Å². The molecule has 3 rings (SSSR count). The second kappa shape index (κ2) is 6.35. The maximum atomic E-state index is 12.1. The lowest BCUT2D eigenvalue weighted by molar-refractivity contribution is -0.117. The highest BCUT2D eigenvalue weighted by Gasteiger charge is 2.28. The van der Waals surface area contributed by atoms with Crippen molar-refractivity contribution in [2.24, 2.45) is 0 Å². The van der Waals surface area contributed by atoms with Gasteiger partial charge in [0.1, 0.15) is 5.76 Å². The normalized spacial score (nSPS) is 19.0. The van der Waals surface area contributed by atoms with Crippen LogP contribution in [0.1, 0.15) is 12.2 Å². The fourth-order valence-electron chi connectivity index (χ4n) is 2.62. The van der Waals surface area contributed by atoms with Crippen LogP contribution in [0.4, 0.5) is 10.6 Å². The topological polar surface area (TPSA) is 81.9 Å². The molecule has 3 heterocycles. The highest BCUT2D eigenvalue weighted by Crippen LogP contribution is 2.12. The Balaban J connectivity index is 1.41. The van der Waals surface area contributed by atoms with E-state index in [1.165, 1.54) is 0 Å². The summed E-state index contributed by atoms with van der Waals surface area (Å²) in [7, 11) is 0. The maximum Gasteiger partial charge on any atom is 0.320 e. The van der Waals surface area contributed by atoms with Gasteiger partial charge in [-0.3, -0.25) is 9.69 Å². The highest BCUT2D eigenvalue weighted by atomic mass is 16.5. The Bertz CT molecular complexity index is 546. The summed E-state index contributed by atoms with van der Waals surface area (Å²) in [5.41, 5.74) is 0. The first-order valence-corrected chi connectivity index (χ1v) is 7.61. The van der Waals surface area contributed by atoms with E-state index in [1.54, 1.807) is 13.0 Å². The molecule has 0 atom stereocenters. The molecule has 22 heavy (non-hydrogen) atoms. The molecule has 0 spiro atoms. The van der Waals surface area contributed by atoms with Crippen molar-refractivity contribution in [1.29, 1.82) is 0 Å². The molecule has 8 nitrogen and oxygen atoms in total. The van der Waals surface area contributed by atoms with E-state index in [9.17, 15) is 9.59 Å². The first-order chi connectivity index (χ1) is 10.6. The number of nitrogens with one attached hydrogen (secondary N) is 1. The monoisotopic (exact) mass is 307 g/mol. The number of nitrogens with zero attached hydrogens (tertiary/aromatic N) is 4. The van der Waals surface area contributed by atoms with Crippen molar-refractivity contribution in [1.82, 2.24) is 19.9 Å². The van der Waals surface area contributed by atoms with Gasteiger partial charge in [0.2, 0.25) is 5.91 Å². The Morgan fingerprint density at radius 3 is 2.41 bits per heavy atom. The SMILES string of the molecule is Cc1cc(NC(=O)CN2CCN(C(=O)N3CCC3)CC2)no1. The Morgan fingerprint density at radius 2 is 1.86 bits per heavy atom. The molecule has 1 aromatic heterocycles. The zero-order valence-electron chi connectivity index (χ0n) is 12.7. The minimum atomic E-state index is -0.115. The molecule has 0 unspecified atom stereocenters. The summed E-state index contributed by atoms with van der Waals surface area (Å²) >= 11 is 0. The molecule has 0 saturated carbocycles. The van der Waals surface area contributed by atoms with Gasteiger partial charge >= 0.3 is 6.03 Å². The third kappa shape index (κ3) is 3.38. The van der Waals surface area contributed by atoms with Crippen molar-refractivity contribution >= 4 is 17.8 Å². The Morgan fingerprint density at radius 1 is 1.18 bits per heavy atom. The van der Waals surface area contributed by atoms with Gasteiger partial charge in [-0.05, 0) is 13.3 Å². The van der Waals surface area contributed by atoms with Gasteiger partial charge < -0.3 is 19.6 Å². The highest BCUT2D eigenvalue weighted by molar-refractivity contribution is 5.91. The number of hydrogen-bond donors (Lipinski definition) is 1. The molecular weight excluding hydrogens is 286 g/mol. The number of aryl methyl sites for hydroxylation is 1. The Kier molecular flexibility index (Phi) is 4.28. The number of carbonyl (C=O) groups excluding carboxylic acids is 2.